The van der Waals surface area contributed by atoms with Gasteiger partial charge in [-0.3, -0.25) is 10.2 Å². The molecule has 0 unspecified atom stereocenters. The largest absolute Gasteiger partial charge is 0.323 e. The zero-order valence-electron chi connectivity index (χ0n) is 16.3. The molecule has 28 heavy (non-hydrogen) atoms. The van der Waals surface area contributed by atoms with Crippen molar-refractivity contribution in [1.82, 2.24) is 14.8 Å². The molecule has 2 amide bonds. The molecule has 2 aromatic rings. The van der Waals surface area contributed by atoms with Crippen molar-refractivity contribution in [3.05, 3.63) is 46.2 Å². The molecule has 7 heteroatoms. The molecule has 150 valence electrons. The molecule has 1 aromatic carbocycles. The number of aryl methyl sites for hydroxylation is 1. The Labute approximate surface area is 169 Å². The summed E-state index contributed by atoms with van der Waals surface area (Å²) in [4.78, 5) is 22.5. The Morgan fingerprint density at radius 2 is 2.11 bits per heavy atom. The molecule has 1 N–H and O–H groups in total. The summed E-state index contributed by atoms with van der Waals surface area (Å²) in [5.41, 5.74) is 1.56. The van der Waals surface area contributed by atoms with E-state index >= 15 is 0 Å². The first-order valence-corrected chi connectivity index (χ1v) is 10.9. The maximum absolute atomic E-state index is 13.7. The van der Waals surface area contributed by atoms with Crippen molar-refractivity contribution in [2.45, 2.75) is 45.1 Å². The summed E-state index contributed by atoms with van der Waals surface area (Å²) in [6, 6.07) is 5.72. The minimum Gasteiger partial charge on any atom is -0.323 e. The molecule has 0 bridgehead atoms. The fourth-order valence-corrected chi connectivity index (χ4v) is 4.95. The zero-order chi connectivity index (χ0) is 19.5. The molecule has 2 fully saturated rings. The Balaban J connectivity index is 1.34. The van der Waals surface area contributed by atoms with Crippen LogP contribution in [0.3, 0.4) is 0 Å². The van der Waals surface area contributed by atoms with Crippen LogP contribution < -0.4 is 5.32 Å². The van der Waals surface area contributed by atoms with Gasteiger partial charge in [0.1, 0.15) is 5.82 Å². The molecule has 1 aromatic heterocycles. The van der Waals surface area contributed by atoms with Gasteiger partial charge >= 0.3 is 6.03 Å². The number of carbonyl (C=O) groups excluding carboxylic acids is 1. The third kappa shape index (κ3) is 4.52. The summed E-state index contributed by atoms with van der Waals surface area (Å²) in [6.07, 6.45) is 7.16. The van der Waals surface area contributed by atoms with E-state index in [9.17, 15) is 9.18 Å². The first-order valence-electron chi connectivity index (χ1n) is 10.1. The van der Waals surface area contributed by atoms with E-state index in [0.29, 0.717) is 23.2 Å². The zero-order valence-corrected chi connectivity index (χ0v) is 17.1. The van der Waals surface area contributed by atoms with Crippen LogP contribution in [0.1, 0.15) is 41.7 Å². The summed E-state index contributed by atoms with van der Waals surface area (Å²) in [7, 11) is 0. The van der Waals surface area contributed by atoms with Crippen molar-refractivity contribution in [2.75, 3.05) is 31.5 Å². The van der Waals surface area contributed by atoms with Gasteiger partial charge in [0.2, 0.25) is 0 Å². The van der Waals surface area contributed by atoms with Gasteiger partial charge < -0.3 is 4.90 Å². The highest BCUT2D eigenvalue weighted by molar-refractivity contribution is 7.15. The highest BCUT2D eigenvalue weighted by Gasteiger charge is 2.29. The smallest absolute Gasteiger partial charge is 0.323 e. The van der Waals surface area contributed by atoms with E-state index in [4.69, 9.17) is 0 Å². The van der Waals surface area contributed by atoms with Crippen LogP contribution in [0.15, 0.2) is 24.4 Å². The molecule has 0 saturated carbocycles. The number of urea groups is 1. The van der Waals surface area contributed by atoms with Gasteiger partial charge in [-0.15, -0.1) is 11.3 Å². The summed E-state index contributed by atoms with van der Waals surface area (Å²) < 4.78 is 13.7. The number of halogens is 1. The number of likely N-dealkylation sites (tertiary alicyclic amines) is 2. The Hall–Kier alpha value is -1.99. The normalized spacial score (nSPS) is 20.5. The maximum Gasteiger partial charge on any atom is 0.323 e. The van der Waals surface area contributed by atoms with E-state index in [-0.39, 0.29) is 11.8 Å². The number of piperidine rings is 1. The molecule has 5 nitrogen and oxygen atoms in total. The lowest BCUT2D eigenvalue weighted by atomic mass is 10.0. The lowest BCUT2D eigenvalue weighted by Crippen LogP contribution is -2.50. The minimum absolute atomic E-state index is 0.0637. The van der Waals surface area contributed by atoms with Crippen molar-refractivity contribution < 1.29 is 9.18 Å². The Kier molecular flexibility index (Phi) is 5.92. The molecule has 2 saturated heterocycles. The number of benzene rings is 1. The number of rotatable bonds is 4. The Bertz CT molecular complexity index is 834. The fraction of sp³-hybridized carbons (Fsp3) is 0.524. The van der Waals surface area contributed by atoms with Gasteiger partial charge in [-0.25, -0.2) is 14.2 Å². The van der Waals surface area contributed by atoms with E-state index in [1.165, 1.54) is 30.6 Å². The number of thiazole rings is 1. The number of aromatic nitrogens is 1. The second-order valence-corrected chi connectivity index (χ2v) is 8.92. The van der Waals surface area contributed by atoms with Crippen molar-refractivity contribution in [1.29, 1.82) is 0 Å². The van der Waals surface area contributed by atoms with Crippen molar-refractivity contribution >= 4 is 22.5 Å². The first-order chi connectivity index (χ1) is 13.6. The van der Waals surface area contributed by atoms with Crippen LogP contribution in [0.25, 0.3) is 0 Å². The second kappa shape index (κ2) is 8.57. The molecule has 4 rings (SSSR count). The van der Waals surface area contributed by atoms with Gasteiger partial charge in [0, 0.05) is 36.6 Å². The SMILES string of the molecule is Cc1ccc(Cc2cnc(NC(=O)N3CCC[C@@H](N4CCCC4)C3)s2)cc1F. The molecular formula is C21H27FN4OS. The predicted octanol–water partition coefficient (Wildman–Crippen LogP) is 4.27. The van der Waals surface area contributed by atoms with Crippen LogP contribution in [0, 0.1) is 12.7 Å². The van der Waals surface area contributed by atoms with E-state index in [1.807, 2.05) is 11.0 Å². The van der Waals surface area contributed by atoms with Gasteiger partial charge in [-0.2, -0.15) is 0 Å². The highest BCUT2D eigenvalue weighted by atomic mass is 32.1. The summed E-state index contributed by atoms with van der Waals surface area (Å²) in [5, 5.41) is 3.56. The van der Waals surface area contributed by atoms with Crippen LogP contribution in [0.2, 0.25) is 0 Å². The average Bonchev–Trinajstić information content (AvgIpc) is 3.37. The number of hydrogen-bond acceptors (Lipinski definition) is 4. The van der Waals surface area contributed by atoms with Crippen molar-refractivity contribution in [2.24, 2.45) is 0 Å². The van der Waals surface area contributed by atoms with Crippen LogP contribution in [-0.2, 0) is 6.42 Å². The van der Waals surface area contributed by atoms with E-state index in [2.05, 4.69) is 15.2 Å². The molecule has 1 atom stereocenters. The lowest BCUT2D eigenvalue weighted by molar-refractivity contribution is 0.132. The molecular weight excluding hydrogens is 375 g/mol. The van der Waals surface area contributed by atoms with Crippen LogP contribution in [0.4, 0.5) is 14.3 Å². The van der Waals surface area contributed by atoms with Gasteiger partial charge in [-0.1, -0.05) is 12.1 Å². The van der Waals surface area contributed by atoms with E-state index < -0.39 is 0 Å². The molecule has 2 aliphatic rings. The molecule has 0 aliphatic carbocycles. The molecule has 0 radical (unpaired) electrons. The minimum atomic E-state index is -0.187. The topological polar surface area (TPSA) is 48.5 Å². The monoisotopic (exact) mass is 402 g/mol. The summed E-state index contributed by atoms with van der Waals surface area (Å²) in [6.45, 7) is 5.68. The van der Waals surface area contributed by atoms with Crippen LogP contribution in [0.5, 0.6) is 0 Å². The van der Waals surface area contributed by atoms with Crippen molar-refractivity contribution in [3.8, 4) is 0 Å². The molecule has 3 heterocycles. The summed E-state index contributed by atoms with van der Waals surface area (Å²) in [5.74, 6) is -0.187. The Morgan fingerprint density at radius 1 is 1.29 bits per heavy atom. The third-order valence-corrected chi connectivity index (χ3v) is 6.64. The standard InChI is InChI=1S/C21H27FN4OS/c1-15-6-7-16(12-19(15)22)11-18-13-23-20(28-18)24-21(27)26-10-4-5-17(14-26)25-8-2-3-9-25/h6-7,12-13,17H,2-5,8-11,14H2,1H3,(H,23,24,27)/t17-/m1/s1. The number of anilines is 1. The van der Waals surface area contributed by atoms with Gasteiger partial charge in [0.25, 0.3) is 0 Å². The fourth-order valence-electron chi connectivity index (χ4n) is 4.11. The van der Waals surface area contributed by atoms with E-state index in [1.54, 1.807) is 25.3 Å². The first kappa shape index (κ1) is 19.3. The summed E-state index contributed by atoms with van der Waals surface area (Å²) >= 11 is 1.45. The number of nitrogens with one attached hydrogen (secondary N) is 1. The lowest BCUT2D eigenvalue weighted by Gasteiger charge is -2.37. The van der Waals surface area contributed by atoms with Crippen LogP contribution in [-0.4, -0.2) is 53.0 Å². The number of amides is 2. The van der Waals surface area contributed by atoms with Crippen LogP contribution >= 0.6 is 11.3 Å². The predicted molar refractivity (Wildman–Crippen MR) is 110 cm³/mol. The van der Waals surface area contributed by atoms with Crippen molar-refractivity contribution in [3.63, 3.8) is 0 Å². The number of hydrogen-bond donors (Lipinski definition) is 1. The maximum atomic E-state index is 13.7. The number of nitrogens with zero attached hydrogens (tertiary/aromatic N) is 3. The molecule has 0 spiro atoms. The second-order valence-electron chi connectivity index (χ2n) is 7.81. The quantitative estimate of drug-likeness (QED) is 0.831. The van der Waals surface area contributed by atoms with E-state index in [0.717, 1.165) is 43.0 Å². The van der Waals surface area contributed by atoms with Gasteiger partial charge in [-0.05, 0) is 62.9 Å². The average molecular weight is 403 g/mol. The third-order valence-electron chi connectivity index (χ3n) is 5.72. The molecule has 2 aliphatic heterocycles. The number of carbonyl (C=O) groups is 1. The highest BCUT2D eigenvalue weighted by Crippen LogP contribution is 2.24. The Morgan fingerprint density at radius 3 is 2.89 bits per heavy atom. The van der Waals surface area contributed by atoms with Gasteiger partial charge in [0.15, 0.2) is 5.13 Å². The van der Waals surface area contributed by atoms with Gasteiger partial charge in [0.05, 0.1) is 0 Å².